The standard InChI is InChI=1S/C14H16FN3O2S2/c1-9-10(15)5-6-12(16-9)22-18(11-7-8-21-17-11)13(19)20-14(2,3)4/h5-8H,1-4H3. The van der Waals surface area contributed by atoms with E-state index < -0.39 is 11.7 Å². The first-order valence-corrected chi connectivity index (χ1v) is 8.12. The summed E-state index contributed by atoms with van der Waals surface area (Å²) in [6.07, 6.45) is -0.549. The van der Waals surface area contributed by atoms with Crippen LogP contribution >= 0.6 is 23.5 Å². The second-order valence-corrected chi connectivity index (χ2v) is 7.07. The Morgan fingerprint density at radius 2 is 2.09 bits per heavy atom. The molecule has 0 aliphatic heterocycles. The number of aromatic nitrogens is 2. The Kier molecular flexibility index (Phi) is 5.02. The molecule has 5 nitrogen and oxygen atoms in total. The van der Waals surface area contributed by atoms with Crippen LogP contribution in [0.25, 0.3) is 0 Å². The first kappa shape index (κ1) is 16.7. The van der Waals surface area contributed by atoms with Crippen LogP contribution in [0.1, 0.15) is 26.5 Å². The largest absolute Gasteiger partial charge is 0.443 e. The third-order valence-electron chi connectivity index (χ3n) is 2.37. The van der Waals surface area contributed by atoms with Crippen LogP contribution < -0.4 is 4.31 Å². The van der Waals surface area contributed by atoms with E-state index in [2.05, 4.69) is 9.36 Å². The minimum Gasteiger partial charge on any atom is -0.443 e. The molecular formula is C14H16FN3O2S2. The van der Waals surface area contributed by atoms with Crippen molar-refractivity contribution in [2.75, 3.05) is 4.31 Å². The van der Waals surface area contributed by atoms with Crippen molar-refractivity contribution < 1.29 is 13.9 Å². The molecule has 22 heavy (non-hydrogen) atoms. The molecule has 0 radical (unpaired) electrons. The Morgan fingerprint density at radius 1 is 1.36 bits per heavy atom. The second kappa shape index (κ2) is 6.62. The summed E-state index contributed by atoms with van der Waals surface area (Å²) < 4.78 is 24.1. The molecule has 2 aromatic rings. The minimum absolute atomic E-state index is 0.271. The maximum Gasteiger partial charge on any atom is 0.426 e. The molecule has 0 aromatic carbocycles. The van der Waals surface area contributed by atoms with Gasteiger partial charge in [0.25, 0.3) is 0 Å². The van der Waals surface area contributed by atoms with E-state index in [1.807, 2.05) is 0 Å². The van der Waals surface area contributed by atoms with Crippen LogP contribution in [-0.4, -0.2) is 21.1 Å². The number of rotatable bonds is 3. The van der Waals surface area contributed by atoms with Gasteiger partial charge in [0.15, 0.2) is 5.82 Å². The van der Waals surface area contributed by atoms with Gasteiger partial charge in [0, 0.05) is 17.3 Å². The third-order valence-corrected chi connectivity index (χ3v) is 3.86. The van der Waals surface area contributed by atoms with Crippen molar-refractivity contribution in [2.45, 2.75) is 38.3 Å². The third kappa shape index (κ3) is 4.41. The Labute approximate surface area is 136 Å². The molecule has 0 bridgehead atoms. The molecule has 2 aromatic heterocycles. The number of halogens is 1. The maximum atomic E-state index is 13.3. The van der Waals surface area contributed by atoms with E-state index in [0.29, 0.717) is 10.8 Å². The molecule has 0 spiro atoms. The minimum atomic E-state index is -0.627. The van der Waals surface area contributed by atoms with Gasteiger partial charge in [0.05, 0.1) is 5.69 Å². The summed E-state index contributed by atoms with van der Waals surface area (Å²) in [7, 11) is 0. The zero-order chi connectivity index (χ0) is 16.3. The Bertz CT molecular complexity index is 657. The quantitative estimate of drug-likeness (QED) is 0.773. The van der Waals surface area contributed by atoms with Crippen molar-refractivity contribution in [2.24, 2.45) is 0 Å². The number of ether oxygens (including phenoxy) is 1. The fourth-order valence-corrected chi connectivity index (χ4v) is 2.80. The number of hydrogen-bond donors (Lipinski definition) is 0. The Morgan fingerprint density at radius 3 is 2.64 bits per heavy atom. The molecule has 0 atom stereocenters. The molecule has 2 rings (SSSR count). The predicted octanol–water partition coefficient (Wildman–Crippen LogP) is 4.43. The summed E-state index contributed by atoms with van der Waals surface area (Å²) in [5, 5.41) is 2.24. The Balaban J connectivity index is 2.25. The van der Waals surface area contributed by atoms with Crippen molar-refractivity contribution in [1.82, 2.24) is 9.36 Å². The fraction of sp³-hybridized carbons (Fsp3) is 0.357. The smallest absolute Gasteiger partial charge is 0.426 e. The summed E-state index contributed by atoms with van der Waals surface area (Å²) in [5.41, 5.74) is -0.356. The average molecular weight is 341 g/mol. The van der Waals surface area contributed by atoms with Crippen LogP contribution in [0.4, 0.5) is 15.0 Å². The first-order chi connectivity index (χ1) is 10.3. The van der Waals surface area contributed by atoms with Gasteiger partial charge in [-0.25, -0.2) is 14.2 Å². The zero-order valence-electron chi connectivity index (χ0n) is 12.7. The average Bonchev–Trinajstić information content (AvgIpc) is 2.91. The molecule has 1 amide bonds. The first-order valence-electron chi connectivity index (χ1n) is 6.51. The lowest BCUT2D eigenvalue weighted by atomic mass is 10.2. The van der Waals surface area contributed by atoms with Crippen molar-refractivity contribution in [1.29, 1.82) is 0 Å². The van der Waals surface area contributed by atoms with Crippen molar-refractivity contribution >= 4 is 35.4 Å². The lowest BCUT2D eigenvalue weighted by molar-refractivity contribution is 0.0611. The maximum absolute atomic E-state index is 13.3. The SMILES string of the molecule is Cc1nc(SN(C(=O)OC(C)(C)C)c2ccsn2)ccc1F. The van der Waals surface area contributed by atoms with Gasteiger partial charge in [0.1, 0.15) is 16.4 Å². The molecular weight excluding hydrogens is 325 g/mol. The normalized spacial score (nSPS) is 11.3. The summed E-state index contributed by atoms with van der Waals surface area (Å²) in [5.74, 6) is 0.0647. The molecule has 0 aliphatic rings. The van der Waals surface area contributed by atoms with Gasteiger partial charge in [0.2, 0.25) is 0 Å². The molecule has 0 fully saturated rings. The topological polar surface area (TPSA) is 55.3 Å². The summed E-state index contributed by atoms with van der Waals surface area (Å²) in [6.45, 7) is 6.93. The van der Waals surface area contributed by atoms with Crippen molar-refractivity contribution in [3.63, 3.8) is 0 Å². The Hall–Kier alpha value is -1.67. The number of carbonyl (C=O) groups is 1. The van der Waals surface area contributed by atoms with Gasteiger partial charge in [-0.2, -0.15) is 8.68 Å². The molecule has 2 heterocycles. The van der Waals surface area contributed by atoms with Crippen LogP contribution in [0.2, 0.25) is 0 Å². The molecule has 0 saturated carbocycles. The van der Waals surface area contributed by atoms with E-state index in [1.165, 1.54) is 28.0 Å². The number of pyridine rings is 1. The summed E-state index contributed by atoms with van der Waals surface area (Å²) >= 11 is 2.27. The highest BCUT2D eigenvalue weighted by Crippen LogP contribution is 2.29. The van der Waals surface area contributed by atoms with Gasteiger partial charge in [-0.1, -0.05) is 0 Å². The molecule has 8 heteroatoms. The number of hydrogen-bond acceptors (Lipinski definition) is 6. The van der Waals surface area contributed by atoms with Gasteiger partial charge < -0.3 is 4.74 Å². The highest BCUT2D eigenvalue weighted by molar-refractivity contribution is 8.01. The van der Waals surface area contributed by atoms with Gasteiger partial charge in [-0.3, -0.25) is 0 Å². The molecule has 0 N–H and O–H groups in total. The van der Waals surface area contributed by atoms with E-state index >= 15 is 0 Å². The van der Waals surface area contributed by atoms with E-state index in [1.54, 1.807) is 39.1 Å². The van der Waals surface area contributed by atoms with Gasteiger partial charge >= 0.3 is 6.09 Å². The second-order valence-electron chi connectivity index (χ2n) is 5.44. The summed E-state index contributed by atoms with van der Waals surface area (Å²) in [4.78, 5) is 16.5. The number of anilines is 1. The molecule has 0 saturated heterocycles. The summed E-state index contributed by atoms with van der Waals surface area (Å²) in [6, 6.07) is 4.54. The van der Waals surface area contributed by atoms with Crippen LogP contribution in [-0.2, 0) is 4.74 Å². The number of carbonyl (C=O) groups excluding carboxylic acids is 1. The zero-order valence-corrected chi connectivity index (χ0v) is 14.3. The van der Waals surface area contributed by atoms with E-state index in [-0.39, 0.29) is 11.5 Å². The van der Waals surface area contributed by atoms with Gasteiger partial charge in [-0.05, 0) is 57.4 Å². The number of nitrogens with zero attached hydrogens (tertiary/aromatic N) is 3. The highest BCUT2D eigenvalue weighted by atomic mass is 32.2. The predicted molar refractivity (Wildman–Crippen MR) is 85.6 cm³/mol. The van der Waals surface area contributed by atoms with E-state index in [9.17, 15) is 9.18 Å². The molecule has 0 unspecified atom stereocenters. The van der Waals surface area contributed by atoms with Crippen LogP contribution in [0.15, 0.2) is 28.6 Å². The number of aryl methyl sites for hydroxylation is 1. The van der Waals surface area contributed by atoms with Crippen LogP contribution in [0, 0.1) is 12.7 Å². The van der Waals surface area contributed by atoms with E-state index in [0.717, 1.165) is 11.9 Å². The monoisotopic (exact) mass is 341 g/mol. The highest BCUT2D eigenvalue weighted by Gasteiger charge is 2.26. The molecule has 0 aliphatic carbocycles. The van der Waals surface area contributed by atoms with E-state index in [4.69, 9.17) is 4.74 Å². The van der Waals surface area contributed by atoms with Gasteiger partial charge in [-0.15, -0.1) is 0 Å². The van der Waals surface area contributed by atoms with Crippen molar-refractivity contribution in [3.05, 3.63) is 35.1 Å². The lowest BCUT2D eigenvalue weighted by Crippen LogP contribution is -2.32. The number of amides is 1. The van der Waals surface area contributed by atoms with Crippen LogP contribution in [0.3, 0.4) is 0 Å². The lowest BCUT2D eigenvalue weighted by Gasteiger charge is -2.24. The van der Waals surface area contributed by atoms with Crippen LogP contribution in [0.5, 0.6) is 0 Å². The van der Waals surface area contributed by atoms with Crippen molar-refractivity contribution in [3.8, 4) is 0 Å². The molecule has 118 valence electrons. The fourth-order valence-electron chi connectivity index (χ4n) is 1.46.